The summed E-state index contributed by atoms with van der Waals surface area (Å²) < 4.78 is 0. The molecule has 2 unspecified atom stereocenters. The van der Waals surface area contributed by atoms with Crippen LogP contribution in [0.5, 0.6) is 0 Å². The highest BCUT2D eigenvalue weighted by molar-refractivity contribution is 5.78. The Morgan fingerprint density at radius 1 is 1.56 bits per heavy atom. The Bertz CT molecular complexity index is 393. The van der Waals surface area contributed by atoms with Gasteiger partial charge in [0.15, 0.2) is 0 Å². The number of carbonyl (C=O) groups excluding carboxylic acids is 1. The molecule has 2 atom stereocenters. The largest absolute Gasteiger partial charge is 0.338 e. The number of hydrogen-bond donors (Lipinski definition) is 1. The van der Waals surface area contributed by atoms with Gasteiger partial charge in [-0.05, 0) is 30.9 Å². The first-order valence-electron chi connectivity index (χ1n) is 6.62. The third kappa shape index (κ3) is 2.88. The number of nitrogens with two attached hydrogens (primary N) is 1. The molecule has 2 N–H and O–H groups in total. The molecule has 18 heavy (non-hydrogen) atoms. The maximum Gasteiger partial charge on any atom is 0.228 e. The molecule has 1 amide bonds. The fourth-order valence-corrected chi connectivity index (χ4v) is 2.68. The van der Waals surface area contributed by atoms with Crippen LogP contribution in [0.25, 0.3) is 0 Å². The van der Waals surface area contributed by atoms with Crippen molar-refractivity contribution < 1.29 is 4.79 Å². The van der Waals surface area contributed by atoms with E-state index in [1.54, 1.807) is 6.20 Å². The van der Waals surface area contributed by atoms with Crippen molar-refractivity contribution in [1.29, 1.82) is 0 Å². The van der Waals surface area contributed by atoms with Gasteiger partial charge in [-0.25, -0.2) is 0 Å². The van der Waals surface area contributed by atoms with E-state index in [9.17, 15) is 4.79 Å². The molecule has 2 heterocycles. The number of hydrogen-bond acceptors (Lipinski definition) is 3. The Balaban J connectivity index is 2.03. The molecule has 0 aliphatic carbocycles. The Hall–Kier alpha value is -1.42. The quantitative estimate of drug-likeness (QED) is 0.873. The van der Waals surface area contributed by atoms with Crippen LogP contribution in [0.2, 0.25) is 0 Å². The van der Waals surface area contributed by atoms with E-state index in [0.29, 0.717) is 18.9 Å². The molecule has 0 radical (unpaired) electrons. The molecule has 4 nitrogen and oxygen atoms in total. The minimum absolute atomic E-state index is 0.149. The molecule has 2 rings (SSSR count). The highest BCUT2D eigenvalue weighted by atomic mass is 16.2. The fraction of sp³-hybridized carbons (Fsp3) is 0.571. The van der Waals surface area contributed by atoms with Gasteiger partial charge in [0.1, 0.15) is 0 Å². The molecule has 1 saturated heterocycles. The second-order valence-corrected chi connectivity index (χ2v) is 5.01. The van der Waals surface area contributed by atoms with Gasteiger partial charge in [0.2, 0.25) is 5.91 Å². The highest BCUT2D eigenvalue weighted by Crippen LogP contribution is 2.23. The van der Waals surface area contributed by atoms with Crippen molar-refractivity contribution in [3.05, 3.63) is 30.1 Å². The van der Waals surface area contributed by atoms with Gasteiger partial charge in [-0.15, -0.1) is 0 Å². The number of nitrogens with zero attached hydrogens (tertiary/aromatic N) is 2. The van der Waals surface area contributed by atoms with Crippen molar-refractivity contribution in [3.8, 4) is 0 Å². The lowest BCUT2D eigenvalue weighted by atomic mass is 9.90. The van der Waals surface area contributed by atoms with Crippen molar-refractivity contribution in [2.24, 2.45) is 11.7 Å². The first-order chi connectivity index (χ1) is 8.72. The second kappa shape index (κ2) is 5.96. The van der Waals surface area contributed by atoms with Crippen LogP contribution in [0.15, 0.2) is 24.4 Å². The molecular formula is C14H21N3O. The van der Waals surface area contributed by atoms with Crippen molar-refractivity contribution in [2.45, 2.75) is 32.2 Å². The molecule has 1 aromatic rings. The van der Waals surface area contributed by atoms with Gasteiger partial charge in [0, 0.05) is 31.0 Å². The van der Waals surface area contributed by atoms with Crippen LogP contribution in [0.3, 0.4) is 0 Å². The maximum atomic E-state index is 12.3. The van der Waals surface area contributed by atoms with E-state index in [1.165, 1.54) is 0 Å². The zero-order valence-corrected chi connectivity index (χ0v) is 10.9. The number of piperidine rings is 1. The molecule has 0 bridgehead atoms. The summed E-state index contributed by atoms with van der Waals surface area (Å²) in [6, 6.07) is 5.85. The molecular weight excluding hydrogens is 226 g/mol. The average Bonchev–Trinajstić information content (AvgIpc) is 2.39. The Morgan fingerprint density at radius 3 is 3.06 bits per heavy atom. The smallest absolute Gasteiger partial charge is 0.228 e. The standard InChI is InChI=1S/C14H21N3O/c1-11-5-4-8-17(13(11)10-15)14(18)9-12-6-2-3-7-16-12/h2-3,6-7,11,13H,4-5,8-10,15H2,1H3. The highest BCUT2D eigenvalue weighted by Gasteiger charge is 2.30. The molecule has 0 spiro atoms. The Labute approximate surface area is 108 Å². The zero-order chi connectivity index (χ0) is 13.0. The molecule has 1 aromatic heterocycles. The summed E-state index contributed by atoms with van der Waals surface area (Å²) in [4.78, 5) is 18.5. The van der Waals surface area contributed by atoms with Crippen LogP contribution in [0, 0.1) is 5.92 Å². The summed E-state index contributed by atoms with van der Waals surface area (Å²) in [5, 5.41) is 0. The van der Waals surface area contributed by atoms with Crippen LogP contribution >= 0.6 is 0 Å². The summed E-state index contributed by atoms with van der Waals surface area (Å²) in [6.07, 6.45) is 4.34. The van der Waals surface area contributed by atoms with Crippen molar-refractivity contribution in [1.82, 2.24) is 9.88 Å². The van der Waals surface area contributed by atoms with E-state index in [2.05, 4.69) is 11.9 Å². The van der Waals surface area contributed by atoms with Gasteiger partial charge in [0.05, 0.1) is 6.42 Å². The Morgan fingerprint density at radius 2 is 2.39 bits per heavy atom. The summed E-state index contributed by atoms with van der Waals surface area (Å²) in [5.41, 5.74) is 6.64. The van der Waals surface area contributed by atoms with Gasteiger partial charge in [-0.1, -0.05) is 13.0 Å². The minimum atomic E-state index is 0.149. The van der Waals surface area contributed by atoms with E-state index < -0.39 is 0 Å². The van der Waals surface area contributed by atoms with E-state index in [4.69, 9.17) is 5.73 Å². The minimum Gasteiger partial charge on any atom is -0.338 e. The SMILES string of the molecule is CC1CCCN(C(=O)Cc2ccccn2)C1CN. The number of aromatic nitrogens is 1. The second-order valence-electron chi connectivity index (χ2n) is 5.01. The van der Waals surface area contributed by atoms with Gasteiger partial charge in [0.25, 0.3) is 0 Å². The van der Waals surface area contributed by atoms with Crippen LogP contribution in [0.1, 0.15) is 25.5 Å². The first kappa shape index (κ1) is 13.0. The number of likely N-dealkylation sites (tertiary alicyclic amines) is 1. The summed E-state index contributed by atoms with van der Waals surface area (Å²) >= 11 is 0. The van der Waals surface area contributed by atoms with Gasteiger partial charge < -0.3 is 10.6 Å². The fourth-order valence-electron chi connectivity index (χ4n) is 2.68. The van der Waals surface area contributed by atoms with E-state index in [0.717, 1.165) is 25.1 Å². The van der Waals surface area contributed by atoms with E-state index >= 15 is 0 Å². The van der Waals surface area contributed by atoms with Crippen molar-refractivity contribution in [3.63, 3.8) is 0 Å². The summed E-state index contributed by atoms with van der Waals surface area (Å²) in [6.45, 7) is 3.56. The predicted molar refractivity (Wildman–Crippen MR) is 70.9 cm³/mol. The monoisotopic (exact) mass is 247 g/mol. The van der Waals surface area contributed by atoms with E-state index in [-0.39, 0.29) is 11.9 Å². The summed E-state index contributed by atoms with van der Waals surface area (Å²) in [5.74, 6) is 0.645. The van der Waals surface area contributed by atoms with Crippen LogP contribution in [0.4, 0.5) is 0 Å². The topological polar surface area (TPSA) is 59.2 Å². The molecule has 4 heteroatoms. The van der Waals surface area contributed by atoms with Gasteiger partial charge in [-0.2, -0.15) is 0 Å². The van der Waals surface area contributed by atoms with Crippen LogP contribution < -0.4 is 5.73 Å². The number of amides is 1. The average molecular weight is 247 g/mol. The third-order valence-electron chi connectivity index (χ3n) is 3.74. The lowest BCUT2D eigenvalue weighted by Crippen LogP contribution is -2.51. The van der Waals surface area contributed by atoms with E-state index in [1.807, 2.05) is 23.1 Å². The number of pyridine rings is 1. The van der Waals surface area contributed by atoms with Crippen molar-refractivity contribution >= 4 is 5.91 Å². The molecule has 1 aliphatic heterocycles. The van der Waals surface area contributed by atoms with Gasteiger partial charge in [-0.3, -0.25) is 9.78 Å². The lowest BCUT2D eigenvalue weighted by molar-refractivity contribution is -0.135. The zero-order valence-electron chi connectivity index (χ0n) is 10.9. The molecule has 1 aliphatic rings. The summed E-state index contributed by atoms with van der Waals surface area (Å²) in [7, 11) is 0. The van der Waals surface area contributed by atoms with Crippen molar-refractivity contribution in [2.75, 3.05) is 13.1 Å². The molecule has 0 saturated carbocycles. The maximum absolute atomic E-state index is 12.3. The number of carbonyl (C=O) groups is 1. The normalized spacial score (nSPS) is 24.0. The third-order valence-corrected chi connectivity index (χ3v) is 3.74. The molecule has 98 valence electrons. The van der Waals surface area contributed by atoms with Gasteiger partial charge >= 0.3 is 0 Å². The van der Waals surface area contributed by atoms with Crippen LogP contribution in [-0.2, 0) is 11.2 Å². The Kier molecular flexibility index (Phi) is 4.31. The predicted octanol–water partition coefficient (Wildman–Crippen LogP) is 1.21. The number of rotatable bonds is 3. The van der Waals surface area contributed by atoms with Crippen LogP contribution in [-0.4, -0.2) is 34.9 Å². The molecule has 0 aromatic carbocycles. The lowest BCUT2D eigenvalue weighted by Gasteiger charge is -2.39. The molecule has 1 fully saturated rings. The first-order valence-corrected chi connectivity index (χ1v) is 6.62.